The smallest absolute Gasteiger partial charge is 0.234 e. The van der Waals surface area contributed by atoms with Crippen LogP contribution in [0.2, 0.25) is 5.02 Å². The molecule has 0 unspecified atom stereocenters. The Morgan fingerprint density at radius 3 is 2.46 bits per heavy atom. The summed E-state index contributed by atoms with van der Waals surface area (Å²) in [6, 6.07) is 14.9. The van der Waals surface area contributed by atoms with Crippen molar-refractivity contribution in [2.75, 3.05) is 18.1 Å². The fraction of sp³-hybridized carbons (Fsp3) is 0.222. The standard InChI is InChI=1S/C18H19ClN2O2S/c1-20-17(22)10-13-5-7-16(8-6-13)21-18(23)12-24-11-14-3-2-4-15(19)9-14/h2-9H,10-12H2,1H3,(H,20,22)(H,21,23). The van der Waals surface area contributed by atoms with Crippen molar-refractivity contribution in [3.63, 3.8) is 0 Å². The summed E-state index contributed by atoms with van der Waals surface area (Å²) in [5.74, 6) is 1.01. The van der Waals surface area contributed by atoms with Crippen molar-refractivity contribution in [1.29, 1.82) is 0 Å². The summed E-state index contributed by atoms with van der Waals surface area (Å²) in [4.78, 5) is 23.3. The van der Waals surface area contributed by atoms with E-state index < -0.39 is 0 Å². The topological polar surface area (TPSA) is 58.2 Å². The third kappa shape index (κ3) is 6.26. The molecule has 24 heavy (non-hydrogen) atoms. The number of nitrogens with one attached hydrogen (secondary N) is 2. The molecule has 0 aliphatic carbocycles. The minimum absolute atomic E-state index is 0.0378. The number of amides is 2. The van der Waals surface area contributed by atoms with Crippen LogP contribution < -0.4 is 10.6 Å². The molecule has 2 rings (SSSR count). The van der Waals surface area contributed by atoms with Crippen LogP contribution in [0.5, 0.6) is 0 Å². The van der Waals surface area contributed by atoms with Crippen LogP contribution in [0, 0.1) is 0 Å². The number of rotatable bonds is 7. The van der Waals surface area contributed by atoms with E-state index in [1.54, 1.807) is 19.2 Å². The summed E-state index contributed by atoms with van der Waals surface area (Å²) in [6.45, 7) is 0. The van der Waals surface area contributed by atoms with Crippen LogP contribution in [-0.4, -0.2) is 24.6 Å². The average molecular weight is 363 g/mol. The number of hydrogen-bond acceptors (Lipinski definition) is 3. The third-order valence-electron chi connectivity index (χ3n) is 3.27. The van der Waals surface area contributed by atoms with Gasteiger partial charge in [0.05, 0.1) is 12.2 Å². The van der Waals surface area contributed by atoms with E-state index in [4.69, 9.17) is 11.6 Å². The van der Waals surface area contributed by atoms with Crippen molar-refractivity contribution in [1.82, 2.24) is 5.32 Å². The molecule has 2 aromatic carbocycles. The molecule has 0 atom stereocenters. The Morgan fingerprint density at radius 2 is 1.79 bits per heavy atom. The Balaban J connectivity index is 1.76. The molecule has 2 amide bonds. The number of carbonyl (C=O) groups is 2. The minimum atomic E-state index is -0.0546. The largest absolute Gasteiger partial charge is 0.359 e. The van der Waals surface area contributed by atoms with Crippen molar-refractivity contribution < 1.29 is 9.59 Å². The third-order valence-corrected chi connectivity index (χ3v) is 4.51. The number of thioether (sulfide) groups is 1. The predicted octanol–water partition coefficient (Wildman–Crippen LogP) is 3.50. The molecule has 2 aromatic rings. The number of hydrogen-bond donors (Lipinski definition) is 2. The molecule has 0 fully saturated rings. The van der Waals surface area contributed by atoms with E-state index in [0.717, 1.165) is 22.6 Å². The first-order valence-corrected chi connectivity index (χ1v) is 9.01. The zero-order valence-corrected chi connectivity index (χ0v) is 14.9. The van der Waals surface area contributed by atoms with Gasteiger partial charge in [-0.3, -0.25) is 9.59 Å². The normalized spacial score (nSPS) is 10.2. The molecule has 4 nitrogen and oxygen atoms in total. The highest BCUT2D eigenvalue weighted by molar-refractivity contribution is 7.99. The monoisotopic (exact) mass is 362 g/mol. The Morgan fingerprint density at radius 1 is 1.04 bits per heavy atom. The molecule has 0 spiro atoms. The molecule has 0 aliphatic heterocycles. The number of anilines is 1. The van der Waals surface area contributed by atoms with Crippen molar-refractivity contribution in [3.8, 4) is 0 Å². The van der Waals surface area contributed by atoms with Crippen LogP contribution in [0.1, 0.15) is 11.1 Å². The Bertz CT molecular complexity index is 704. The van der Waals surface area contributed by atoms with Gasteiger partial charge in [-0.15, -0.1) is 11.8 Å². The van der Waals surface area contributed by atoms with Crippen molar-refractivity contribution in [2.45, 2.75) is 12.2 Å². The highest BCUT2D eigenvalue weighted by atomic mass is 35.5. The van der Waals surface area contributed by atoms with Gasteiger partial charge in [-0.05, 0) is 35.4 Å². The van der Waals surface area contributed by atoms with Gasteiger partial charge in [0, 0.05) is 23.5 Å². The van der Waals surface area contributed by atoms with Crippen LogP contribution >= 0.6 is 23.4 Å². The molecule has 0 saturated heterocycles. The first-order valence-electron chi connectivity index (χ1n) is 7.48. The maximum atomic E-state index is 12.0. The van der Waals surface area contributed by atoms with E-state index >= 15 is 0 Å². The summed E-state index contributed by atoms with van der Waals surface area (Å²) in [5, 5.41) is 6.13. The van der Waals surface area contributed by atoms with E-state index in [-0.39, 0.29) is 11.8 Å². The average Bonchev–Trinajstić information content (AvgIpc) is 2.56. The fourth-order valence-corrected chi connectivity index (χ4v) is 3.05. The Hall–Kier alpha value is -1.98. The highest BCUT2D eigenvalue weighted by Crippen LogP contribution is 2.17. The van der Waals surface area contributed by atoms with Gasteiger partial charge in [-0.2, -0.15) is 0 Å². The molecular formula is C18H19ClN2O2S. The number of likely N-dealkylation sites (N-methyl/N-ethyl adjacent to an activating group) is 1. The fourth-order valence-electron chi connectivity index (χ4n) is 2.07. The summed E-state index contributed by atoms with van der Waals surface area (Å²) in [7, 11) is 1.61. The number of benzene rings is 2. The minimum Gasteiger partial charge on any atom is -0.359 e. The van der Waals surface area contributed by atoms with Gasteiger partial charge >= 0.3 is 0 Å². The molecule has 0 radical (unpaired) electrons. The van der Waals surface area contributed by atoms with Crippen molar-refractivity contribution >= 4 is 40.9 Å². The maximum Gasteiger partial charge on any atom is 0.234 e. The lowest BCUT2D eigenvalue weighted by molar-refractivity contribution is -0.120. The zero-order valence-electron chi connectivity index (χ0n) is 13.3. The second kappa shape index (κ2) is 9.35. The Kier molecular flexibility index (Phi) is 7.15. The number of halogens is 1. The molecule has 2 N–H and O–H groups in total. The van der Waals surface area contributed by atoms with Gasteiger partial charge in [0.15, 0.2) is 0 Å². The van der Waals surface area contributed by atoms with Crippen LogP contribution in [0.15, 0.2) is 48.5 Å². The first-order chi connectivity index (χ1) is 11.6. The van der Waals surface area contributed by atoms with Crippen LogP contribution in [0.25, 0.3) is 0 Å². The zero-order chi connectivity index (χ0) is 17.4. The van der Waals surface area contributed by atoms with Crippen LogP contribution in [0.4, 0.5) is 5.69 Å². The summed E-state index contributed by atoms with van der Waals surface area (Å²) in [5.41, 5.74) is 2.73. The lowest BCUT2D eigenvalue weighted by atomic mass is 10.1. The van der Waals surface area contributed by atoms with Crippen molar-refractivity contribution in [2.24, 2.45) is 0 Å². The Labute approximate surface area is 151 Å². The van der Waals surface area contributed by atoms with Gasteiger partial charge in [-0.25, -0.2) is 0 Å². The van der Waals surface area contributed by atoms with Gasteiger partial charge in [-0.1, -0.05) is 35.9 Å². The van der Waals surface area contributed by atoms with Crippen LogP contribution in [-0.2, 0) is 21.8 Å². The van der Waals surface area contributed by atoms with E-state index in [2.05, 4.69) is 10.6 Å². The number of carbonyl (C=O) groups excluding carboxylic acids is 2. The second-order valence-corrected chi connectivity index (χ2v) is 6.64. The van der Waals surface area contributed by atoms with Gasteiger partial charge in [0.2, 0.25) is 11.8 Å². The molecule has 0 aliphatic rings. The lowest BCUT2D eigenvalue weighted by Gasteiger charge is -2.07. The molecule has 0 saturated carbocycles. The summed E-state index contributed by atoms with van der Waals surface area (Å²) < 4.78 is 0. The molecule has 126 valence electrons. The SMILES string of the molecule is CNC(=O)Cc1ccc(NC(=O)CSCc2cccc(Cl)c2)cc1. The quantitative estimate of drug-likeness (QED) is 0.792. The summed E-state index contributed by atoms with van der Waals surface area (Å²) >= 11 is 7.47. The molecular weight excluding hydrogens is 344 g/mol. The molecule has 0 aromatic heterocycles. The highest BCUT2D eigenvalue weighted by Gasteiger charge is 2.05. The van der Waals surface area contributed by atoms with E-state index in [0.29, 0.717) is 17.2 Å². The maximum absolute atomic E-state index is 12.0. The van der Waals surface area contributed by atoms with E-state index in [9.17, 15) is 9.59 Å². The molecule has 0 bridgehead atoms. The molecule has 0 heterocycles. The predicted molar refractivity (Wildman–Crippen MR) is 100 cm³/mol. The molecule has 6 heteroatoms. The van der Waals surface area contributed by atoms with E-state index in [1.807, 2.05) is 36.4 Å². The second-order valence-electron chi connectivity index (χ2n) is 5.22. The first kappa shape index (κ1) is 18.4. The summed E-state index contributed by atoms with van der Waals surface area (Å²) in [6.07, 6.45) is 0.334. The van der Waals surface area contributed by atoms with Crippen molar-refractivity contribution in [3.05, 3.63) is 64.7 Å². The van der Waals surface area contributed by atoms with Crippen LogP contribution in [0.3, 0.4) is 0 Å². The van der Waals surface area contributed by atoms with Gasteiger partial charge < -0.3 is 10.6 Å². The van der Waals surface area contributed by atoms with E-state index in [1.165, 1.54) is 11.8 Å². The lowest BCUT2D eigenvalue weighted by Crippen LogP contribution is -2.20. The van der Waals surface area contributed by atoms with Gasteiger partial charge in [0.25, 0.3) is 0 Å². The van der Waals surface area contributed by atoms with Gasteiger partial charge in [0.1, 0.15) is 0 Å².